The van der Waals surface area contributed by atoms with Crippen LogP contribution in [0.5, 0.6) is 0 Å². The molecule has 2 rings (SSSR count). The molecule has 0 fully saturated rings. The number of benzene rings is 2. The van der Waals surface area contributed by atoms with Crippen LogP contribution in [0.1, 0.15) is 10.4 Å². The molecule has 0 saturated carbocycles. The molecule has 0 aliphatic carbocycles. The molecule has 2 aromatic carbocycles. The Kier molecular flexibility index (Phi) is 4.54. The molecule has 21 heavy (non-hydrogen) atoms. The van der Waals surface area contributed by atoms with E-state index >= 15 is 0 Å². The molecule has 1 amide bonds. The van der Waals surface area contributed by atoms with Crippen molar-refractivity contribution in [2.45, 2.75) is 4.90 Å². The number of carbonyl (C=O) groups excluding carboxylic acids is 1. The molecule has 0 radical (unpaired) electrons. The number of halogens is 1. The Bertz CT molecular complexity index is 706. The van der Waals surface area contributed by atoms with E-state index in [1.165, 1.54) is 42.1 Å². The SMILES string of the molecule is CSc1ccc([N+](=O)[O-])c(C(=O)Nc2cccc(F)c2)c1. The van der Waals surface area contributed by atoms with Gasteiger partial charge in [0.25, 0.3) is 11.6 Å². The summed E-state index contributed by atoms with van der Waals surface area (Å²) in [4.78, 5) is 23.3. The van der Waals surface area contributed by atoms with Gasteiger partial charge in [0.2, 0.25) is 0 Å². The highest BCUT2D eigenvalue weighted by atomic mass is 32.2. The topological polar surface area (TPSA) is 72.2 Å². The zero-order valence-electron chi connectivity index (χ0n) is 11.0. The molecule has 0 atom stereocenters. The Morgan fingerprint density at radius 3 is 2.67 bits per heavy atom. The Labute approximate surface area is 124 Å². The highest BCUT2D eigenvalue weighted by Crippen LogP contribution is 2.25. The van der Waals surface area contributed by atoms with Gasteiger partial charge in [-0.3, -0.25) is 14.9 Å². The van der Waals surface area contributed by atoms with Gasteiger partial charge in [-0.2, -0.15) is 0 Å². The maximum Gasteiger partial charge on any atom is 0.282 e. The number of hydrogen-bond donors (Lipinski definition) is 1. The van der Waals surface area contributed by atoms with E-state index in [0.29, 0.717) is 0 Å². The summed E-state index contributed by atoms with van der Waals surface area (Å²) < 4.78 is 13.1. The lowest BCUT2D eigenvalue weighted by Crippen LogP contribution is -2.14. The maximum atomic E-state index is 13.1. The summed E-state index contributed by atoms with van der Waals surface area (Å²) in [6.07, 6.45) is 1.80. The molecule has 5 nitrogen and oxygen atoms in total. The van der Waals surface area contributed by atoms with Gasteiger partial charge in [0.1, 0.15) is 11.4 Å². The third-order valence-electron chi connectivity index (χ3n) is 2.73. The van der Waals surface area contributed by atoms with Crippen molar-refractivity contribution in [3.63, 3.8) is 0 Å². The molecule has 0 saturated heterocycles. The van der Waals surface area contributed by atoms with E-state index in [1.807, 2.05) is 0 Å². The molecule has 7 heteroatoms. The largest absolute Gasteiger partial charge is 0.322 e. The van der Waals surface area contributed by atoms with Gasteiger partial charge in [0.15, 0.2) is 0 Å². The van der Waals surface area contributed by atoms with Crippen molar-refractivity contribution in [3.8, 4) is 0 Å². The van der Waals surface area contributed by atoms with Gasteiger partial charge in [-0.25, -0.2) is 4.39 Å². The summed E-state index contributed by atoms with van der Waals surface area (Å²) in [6, 6.07) is 9.63. The maximum absolute atomic E-state index is 13.1. The average Bonchev–Trinajstić information content (AvgIpc) is 2.46. The van der Waals surface area contributed by atoms with Crippen molar-refractivity contribution in [2.24, 2.45) is 0 Å². The Hall–Kier alpha value is -2.41. The first-order chi connectivity index (χ1) is 10.0. The minimum absolute atomic E-state index is 0.0592. The Balaban J connectivity index is 2.35. The van der Waals surface area contributed by atoms with E-state index in [0.717, 1.165) is 11.0 Å². The predicted octanol–water partition coefficient (Wildman–Crippen LogP) is 3.71. The van der Waals surface area contributed by atoms with E-state index in [4.69, 9.17) is 0 Å². The van der Waals surface area contributed by atoms with Crippen LogP contribution in [0.4, 0.5) is 15.8 Å². The van der Waals surface area contributed by atoms with Crippen LogP contribution >= 0.6 is 11.8 Å². The Morgan fingerprint density at radius 1 is 1.29 bits per heavy atom. The molecule has 108 valence electrons. The van der Waals surface area contributed by atoms with Gasteiger partial charge in [0.05, 0.1) is 4.92 Å². The zero-order chi connectivity index (χ0) is 15.4. The number of nitrogens with zero attached hydrogens (tertiary/aromatic N) is 1. The lowest BCUT2D eigenvalue weighted by atomic mass is 10.1. The molecule has 2 aromatic rings. The van der Waals surface area contributed by atoms with Crippen LogP contribution < -0.4 is 5.32 Å². The molecule has 0 bridgehead atoms. The van der Waals surface area contributed by atoms with Crippen LogP contribution in [0, 0.1) is 15.9 Å². The number of amides is 1. The fraction of sp³-hybridized carbons (Fsp3) is 0.0714. The van der Waals surface area contributed by atoms with E-state index in [1.54, 1.807) is 12.3 Å². The molecule has 0 heterocycles. The minimum Gasteiger partial charge on any atom is -0.322 e. The normalized spacial score (nSPS) is 10.2. The molecular formula is C14H11FN2O3S. The number of nitro groups is 1. The smallest absolute Gasteiger partial charge is 0.282 e. The summed E-state index contributed by atoms with van der Waals surface area (Å²) in [6.45, 7) is 0. The number of anilines is 1. The van der Waals surface area contributed by atoms with Gasteiger partial charge >= 0.3 is 0 Å². The summed E-state index contributed by atoms with van der Waals surface area (Å²) in [7, 11) is 0. The van der Waals surface area contributed by atoms with E-state index < -0.39 is 16.6 Å². The first-order valence-corrected chi connectivity index (χ1v) is 7.13. The molecule has 0 aliphatic rings. The first-order valence-electron chi connectivity index (χ1n) is 5.90. The molecule has 0 spiro atoms. The summed E-state index contributed by atoms with van der Waals surface area (Å²) in [5.41, 5.74) is -0.110. The van der Waals surface area contributed by atoms with Gasteiger partial charge in [0, 0.05) is 16.6 Å². The van der Waals surface area contributed by atoms with E-state index in [-0.39, 0.29) is 16.9 Å². The summed E-state index contributed by atoms with van der Waals surface area (Å²) in [5.74, 6) is -1.15. The Morgan fingerprint density at radius 2 is 2.05 bits per heavy atom. The zero-order valence-corrected chi connectivity index (χ0v) is 11.8. The van der Waals surface area contributed by atoms with Crippen LogP contribution in [0.2, 0.25) is 0 Å². The first kappa shape index (κ1) is 15.0. The fourth-order valence-corrected chi connectivity index (χ4v) is 2.19. The van der Waals surface area contributed by atoms with Crippen LogP contribution in [-0.4, -0.2) is 17.1 Å². The second kappa shape index (κ2) is 6.36. The molecular weight excluding hydrogens is 295 g/mol. The number of nitro benzene ring substituents is 1. The van der Waals surface area contributed by atoms with Crippen molar-refractivity contribution in [2.75, 3.05) is 11.6 Å². The highest BCUT2D eigenvalue weighted by molar-refractivity contribution is 7.98. The van der Waals surface area contributed by atoms with Gasteiger partial charge < -0.3 is 5.32 Å². The standard InChI is InChI=1S/C14H11FN2O3S/c1-21-11-5-6-13(17(19)20)12(8-11)14(18)16-10-4-2-3-9(15)7-10/h2-8H,1H3,(H,16,18). The highest BCUT2D eigenvalue weighted by Gasteiger charge is 2.20. The van der Waals surface area contributed by atoms with Gasteiger partial charge in [-0.05, 0) is 36.6 Å². The number of nitrogens with one attached hydrogen (secondary N) is 1. The van der Waals surface area contributed by atoms with Crippen LogP contribution in [-0.2, 0) is 0 Å². The third-order valence-corrected chi connectivity index (χ3v) is 3.45. The van der Waals surface area contributed by atoms with Gasteiger partial charge in [-0.15, -0.1) is 11.8 Å². The van der Waals surface area contributed by atoms with E-state index in [2.05, 4.69) is 5.32 Å². The van der Waals surface area contributed by atoms with Crippen molar-refractivity contribution in [1.82, 2.24) is 0 Å². The molecule has 0 aliphatic heterocycles. The fourth-order valence-electron chi connectivity index (χ4n) is 1.75. The van der Waals surface area contributed by atoms with Crippen LogP contribution in [0.15, 0.2) is 47.4 Å². The monoisotopic (exact) mass is 306 g/mol. The lowest BCUT2D eigenvalue weighted by molar-refractivity contribution is -0.385. The number of hydrogen-bond acceptors (Lipinski definition) is 4. The molecule has 0 unspecified atom stereocenters. The van der Waals surface area contributed by atoms with Crippen molar-refractivity contribution in [3.05, 3.63) is 64.0 Å². The quantitative estimate of drug-likeness (QED) is 0.531. The van der Waals surface area contributed by atoms with Crippen molar-refractivity contribution >= 4 is 29.0 Å². The summed E-state index contributed by atoms with van der Waals surface area (Å²) in [5, 5.41) is 13.4. The molecule has 1 N–H and O–H groups in total. The van der Waals surface area contributed by atoms with Crippen LogP contribution in [0.25, 0.3) is 0 Å². The van der Waals surface area contributed by atoms with Crippen LogP contribution in [0.3, 0.4) is 0 Å². The predicted molar refractivity (Wildman–Crippen MR) is 79.2 cm³/mol. The second-order valence-electron chi connectivity index (χ2n) is 4.10. The second-order valence-corrected chi connectivity index (χ2v) is 4.98. The number of rotatable bonds is 4. The van der Waals surface area contributed by atoms with Crippen molar-refractivity contribution < 1.29 is 14.1 Å². The third kappa shape index (κ3) is 3.57. The van der Waals surface area contributed by atoms with Gasteiger partial charge in [-0.1, -0.05) is 6.07 Å². The number of carbonyl (C=O) groups is 1. The lowest BCUT2D eigenvalue weighted by Gasteiger charge is -2.07. The molecule has 0 aromatic heterocycles. The minimum atomic E-state index is -0.650. The average molecular weight is 306 g/mol. The van der Waals surface area contributed by atoms with Crippen molar-refractivity contribution in [1.29, 1.82) is 0 Å². The summed E-state index contributed by atoms with van der Waals surface area (Å²) >= 11 is 1.37. The van der Waals surface area contributed by atoms with E-state index in [9.17, 15) is 19.3 Å². The number of thioether (sulfide) groups is 1.